The van der Waals surface area contributed by atoms with Crippen LogP contribution in [0.4, 0.5) is 0 Å². The SMILES string of the molecule is CCC(=O)N1CCCN(C(=O)CC(=O)O)CC1. The van der Waals surface area contributed by atoms with E-state index in [1.807, 2.05) is 0 Å². The van der Waals surface area contributed by atoms with Gasteiger partial charge in [0.1, 0.15) is 6.42 Å². The largest absolute Gasteiger partial charge is 0.481 e. The molecule has 0 aliphatic carbocycles. The molecule has 1 N–H and O–H groups in total. The molecule has 0 bridgehead atoms. The average molecular weight is 242 g/mol. The van der Waals surface area contributed by atoms with E-state index in [9.17, 15) is 14.4 Å². The normalized spacial score (nSPS) is 16.5. The Bertz CT molecular complexity index is 317. The summed E-state index contributed by atoms with van der Waals surface area (Å²) in [6, 6.07) is 0. The molecule has 6 nitrogen and oxygen atoms in total. The lowest BCUT2D eigenvalue weighted by Gasteiger charge is -2.21. The van der Waals surface area contributed by atoms with Crippen LogP contribution in [-0.2, 0) is 14.4 Å². The Morgan fingerprint density at radius 3 is 2.00 bits per heavy atom. The quantitative estimate of drug-likeness (QED) is 0.703. The van der Waals surface area contributed by atoms with E-state index in [0.717, 1.165) is 0 Å². The Morgan fingerprint density at radius 2 is 1.53 bits per heavy atom. The standard InChI is InChI=1S/C11H18N2O4/c1-2-9(14)12-4-3-5-13(7-6-12)10(15)8-11(16)17/h2-8H2,1H3,(H,16,17). The van der Waals surface area contributed by atoms with Gasteiger partial charge >= 0.3 is 5.97 Å². The van der Waals surface area contributed by atoms with Gasteiger partial charge in [-0.2, -0.15) is 0 Å². The molecule has 6 heteroatoms. The van der Waals surface area contributed by atoms with Crippen LogP contribution in [0.5, 0.6) is 0 Å². The molecular weight excluding hydrogens is 224 g/mol. The molecule has 1 rings (SSSR count). The van der Waals surface area contributed by atoms with Crippen molar-refractivity contribution in [2.45, 2.75) is 26.2 Å². The van der Waals surface area contributed by atoms with Crippen LogP contribution < -0.4 is 0 Å². The molecule has 17 heavy (non-hydrogen) atoms. The number of carboxylic acid groups (broad SMARTS) is 1. The van der Waals surface area contributed by atoms with E-state index in [2.05, 4.69) is 0 Å². The summed E-state index contributed by atoms with van der Waals surface area (Å²) < 4.78 is 0. The van der Waals surface area contributed by atoms with Gasteiger partial charge in [0.15, 0.2) is 0 Å². The van der Waals surface area contributed by atoms with E-state index in [-0.39, 0.29) is 11.8 Å². The Labute approximate surface area is 100 Å². The monoisotopic (exact) mass is 242 g/mol. The second-order valence-electron chi connectivity index (χ2n) is 4.04. The van der Waals surface area contributed by atoms with Gasteiger partial charge in [-0.05, 0) is 6.42 Å². The molecule has 0 saturated carbocycles. The van der Waals surface area contributed by atoms with E-state index < -0.39 is 12.4 Å². The minimum absolute atomic E-state index is 0.0810. The number of aliphatic carboxylic acids is 1. The van der Waals surface area contributed by atoms with E-state index >= 15 is 0 Å². The van der Waals surface area contributed by atoms with Crippen molar-refractivity contribution in [3.63, 3.8) is 0 Å². The zero-order valence-electron chi connectivity index (χ0n) is 10.0. The maximum absolute atomic E-state index is 11.5. The molecular formula is C11H18N2O4. The van der Waals surface area contributed by atoms with Gasteiger partial charge in [0, 0.05) is 32.6 Å². The maximum atomic E-state index is 11.5. The lowest BCUT2D eigenvalue weighted by atomic mass is 10.3. The Kier molecular flexibility index (Phi) is 4.93. The van der Waals surface area contributed by atoms with E-state index in [1.54, 1.807) is 11.8 Å². The van der Waals surface area contributed by atoms with Crippen molar-refractivity contribution < 1.29 is 19.5 Å². The van der Waals surface area contributed by atoms with E-state index in [0.29, 0.717) is 39.0 Å². The first kappa shape index (κ1) is 13.5. The average Bonchev–Trinajstić information content (AvgIpc) is 2.52. The molecule has 0 atom stereocenters. The summed E-state index contributed by atoms with van der Waals surface area (Å²) >= 11 is 0. The fraction of sp³-hybridized carbons (Fsp3) is 0.727. The molecule has 1 aliphatic rings. The Hall–Kier alpha value is -1.59. The molecule has 2 amide bonds. The molecule has 0 aromatic heterocycles. The minimum atomic E-state index is -1.11. The zero-order valence-corrected chi connectivity index (χ0v) is 10.0. The van der Waals surface area contributed by atoms with Crippen LogP contribution in [0.2, 0.25) is 0 Å². The molecule has 0 aromatic carbocycles. The highest BCUT2D eigenvalue weighted by Gasteiger charge is 2.22. The van der Waals surface area contributed by atoms with Crippen molar-refractivity contribution in [3.05, 3.63) is 0 Å². The molecule has 0 aromatic rings. The number of hydrogen-bond acceptors (Lipinski definition) is 3. The topological polar surface area (TPSA) is 77.9 Å². The predicted molar refractivity (Wildman–Crippen MR) is 60.3 cm³/mol. The van der Waals surface area contributed by atoms with Gasteiger partial charge in [-0.3, -0.25) is 14.4 Å². The minimum Gasteiger partial charge on any atom is -0.481 e. The summed E-state index contributed by atoms with van der Waals surface area (Å²) in [6.45, 7) is 3.90. The third-order valence-corrected chi connectivity index (χ3v) is 2.81. The van der Waals surface area contributed by atoms with Crippen LogP contribution in [-0.4, -0.2) is 58.9 Å². The van der Waals surface area contributed by atoms with Gasteiger partial charge in [-0.25, -0.2) is 0 Å². The number of carboxylic acids is 1. The number of carbonyl (C=O) groups excluding carboxylic acids is 2. The van der Waals surface area contributed by atoms with Crippen molar-refractivity contribution in [1.82, 2.24) is 9.80 Å². The lowest BCUT2D eigenvalue weighted by molar-refractivity contribution is -0.144. The second-order valence-corrected chi connectivity index (χ2v) is 4.04. The van der Waals surface area contributed by atoms with Crippen LogP contribution in [0, 0.1) is 0 Å². The number of rotatable bonds is 3. The summed E-state index contributed by atoms with van der Waals surface area (Å²) in [7, 11) is 0. The highest BCUT2D eigenvalue weighted by Crippen LogP contribution is 2.06. The van der Waals surface area contributed by atoms with Crippen LogP contribution in [0.1, 0.15) is 26.2 Å². The lowest BCUT2D eigenvalue weighted by Crippen LogP contribution is -2.37. The van der Waals surface area contributed by atoms with E-state index in [4.69, 9.17) is 5.11 Å². The number of hydrogen-bond donors (Lipinski definition) is 1. The van der Waals surface area contributed by atoms with Gasteiger partial charge in [-0.1, -0.05) is 6.92 Å². The molecule has 0 unspecified atom stereocenters. The molecule has 96 valence electrons. The van der Waals surface area contributed by atoms with Crippen molar-refractivity contribution in [3.8, 4) is 0 Å². The van der Waals surface area contributed by atoms with Gasteiger partial charge < -0.3 is 14.9 Å². The number of amides is 2. The summed E-state index contributed by atoms with van der Waals surface area (Å²) in [5, 5.41) is 8.55. The van der Waals surface area contributed by atoms with Crippen molar-refractivity contribution in [2.75, 3.05) is 26.2 Å². The third kappa shape index (κ3) is 4.05. The molecule has 0 radical (unpaired) electrons. The predicted octanol–water partition coefficient (Wildman–Crippen LogP) is -0.0680. The van der Waals surface area contributed by atoms with Crippen LogP contribution >= 0.6 is 0 Å². The summed E-state index contributed by atoms with van der Waals surface area (Å²) in [5.41, 5.74) is 0. The molecule has 1 saturated heterocycles. The fourth-order valence-electron chi connectivity index (χ4n) is 1.88. The Balaban J connectivity index is 2.50. The first-order valence-corrected chi connectivity index (χ1v) is 5.82. The van der Waals surface area contributed by atoms with Gasteiger partial charge in [0.05, 0.1) is 0 Å². The highest BCUT2D eigenvalue weighted by molar-refractivity contribution is 5.93. The maximum Gasteiger partial charge on any atom is 0.312 e. The first-order valence-electron chi connectivity index (χ1n) is 5.82. The summed E-state index contributed by atoms with van der Waals surface area (Å²) in [5.74, 6) is -1.40. The summed E-state index contributed by atoms with van der Waals surface area (Å²) in [6.07, 6.45) is 0.696. The smallest absolute Gasteiger partial charge is 0.312 e. The fourth-order valence-corrected chi connectivity index (χ4v) is 1.88. The number of nitrogens with zero attached hydrogens (tertiary/aromatic N) is 2. The first-order chi connectivity index (χ1) is 8.04. The summed E-state index contributed by atoms with van der Waals surface area (Å²) in [4.78, 5) is 36.8. The Morgan fingerprint density at radius 1 is 1.00 bits per heavy atom. The van der Waals surface area contributed by atoms with Crippen LogP contribution in [0.3, 0.4) is 0 Å². The third-order valence-electron chi connectivity index (χ3n) is 2.81. The van der Waals surface area contributed by atoms with Crippen LogP contribution in [0.25, 0.3) is 0 Å². The molecule has 1 fully saturated rings. The van der Waals surface area contributed by atoms with Gasteiger partial charge in [-0.15, -0.1) is 0 Å². The molecule has 1 aliphatic heterocycles. The van der Waals surface area contributed by atoms with Crippen molar-refractivity contribution in [2.24, 2.45) is 0 Å². The van der Waals surface area contributed by atoms with Crippen molar-refractivity contribution in [1.29, 1.82) is 0 Å². The van der Waals surface area contributed by atoms with Crippen LogP contribution in [0.15, 0.2) is 0 Å². The van der Waals surface area contributed by atoms with Crippen molar-refractivity contribution >= 4 is 17.8 Å². The highest BCUT2D eigenvalue weighted by atomic mass is 16.4. The molecule has 1 heterocycles. The van der Waals surface area contributed by atoms with Gasteiger partial charge in [0.25, 0.3) is 0 Å². The zero-order chi connectivity index (χ0) is 12.8. The van der Waals surface area contributed by atoms with Gasteiger partial charge in [0.2, 0.25) is 11.8 Å². The second kappa shape index (κ2) is 6.22. The molecule has 0 spiro atoms. The number of carbonyl (C=O) groups is 3. The van der Waals surface area contributed by atoms with E-state index in [1.165, 1.54) is 4.90 Å².